The van der Waals surface area contributed by atoms with Crippen molar-refractivity contribution in [1.82, 2.24) is 0 Å². The zero-order chi connectivity index (χ0) is 42.8. The number of hydrogen-bond acceptors (Lipinski definition) is 6. The van der Waals surface area contributed by atoms with Gasteiger partial charge in [-0.15, -0.1) is 0 Å². The van der Waals surface area contributed by atoms with Crippen molar-refractivity contribution in [2.24, 2.45) is 0 Å². The Morgan fingerprint density at radius 3 is 0.952 bits per heavy atom. The van der Waals surface area contributed by atoms with Gasteiger partial charge in [0.1, 0.15) is 34.5 Å². The van der Waals surface area contributed by atoms with Gasteiger partial charge in [-0.2, -0.15) is 0 Å². The highest BCUT2D eigenvalue weighted by Gasteiger charge is 2.34. The Kier molecular flexibility index (Phi) is 10.3. The van der Waals surface area contributed by atoms with Crippen LogP contribution in [-0.4, -0.2) is 0 Å². The molecule has 0 saturated heterocycles. The Hall–Kier alpha value is -6.06. The maximum absolute atomic E-state index is 7.18. The largest absolute Gasteiger partial charge is 0.530 e. The predicted octanol–water partition coefficient (Wildman–Crippen LogP) is 15.5. The van der Waals surface area contributed by atoms with Crippen molar-refractivity contribution in [2.75, 3.05) is 0 Å². The van der Waals surface area contributed by atoms with Crippen LogP contribution in [0, 0.1) is 55.4 Å². The van der Waals surface area contributed by atoms with E-state index in [4.69, 9.17) is 27.1 Å². The molecule has 0 amide bonds. The molecule has 2 aliphatic rings. The second kappa shape index (κ2) is 16.0. The summed E-state index contributed by atoms with van der Waals surface area (Å²) < 4.78 is 42.1. The van der Waals surface area contributed by atoms with Crippen LogP contribution in [-0.2, 0) is 12.8 Å². The second-order valence-electron chi connectivity index (χ2n) is 16.7. The van der Waals surface area contributed by atoms with E-state index in [1.807, 2.05) is 12.1 Å². The number of aryl methyl sites for hydroxylation is 8. The van der Waals surface area contributed by atoms with Crippen molar-refractivity contribution in [3.63, 3.8) is 0 Å². The number of rotatable bonds is 5. The minimum Gasteiger partial charge on any atom is -0.408 e. The van der Waals surface area contributed by atoms with Gasteiger partial charge in [0, 0.05) is 46.2 Å². The average Bonchev–Trinajstić information content (AvgIpc) is 3.25. The summed E-state index contributed by atoms with van der Waals surface area (Å²) in [6.07, 6.45) is 1.40. The highest BCUT2D eigenvalue weighted by atomic mass is 31.2. The molecule has 0 atom stereocenters. The lowest BCUT2D eigenvalue weighted by molar-refractivity contribution is 0.376. The predicted molar refractivity (Wildman–Crippen MR) is 254 cm³/mol. The summed E-state index contributed by atoms with van der Waals surface area (Å²) in [7, 11) is -4.04. The third-order valence-corrected chi connectivity index (χ3v) is 14.5. The van der Waals surface area contributed by atoms with Gasteiger partial charge in [-0.05, 0) is 134 Å². The fraction of sp³-hybridized carbons (Fsp3) is 0.185. The van der Waals surface area contributed by atoms with E-state index in [1.165, 1.54) is 22.3 Å². The van der Waals surface area contributed by atoms with Gasteiger partial charge in [-0.3, -0.25) is 0 Å². The summed E-state index contributed by atoms with van der Waals surface area (Å²) in [5.41, 5.74) is 15.1. The van der Waals surface area contributed by atoms with Gasteiger partial charge in [0.2, 0.25) is 0 Å². The quantitative estimate of drug-likeness (QED) is 0.161. The minimum atomic E-state index is -2.02. The number of benzene rings is 8. The summed E-state index contributed by atoms with van der Waals surface area (Å²) >= 11 is 0. The number of fused-ring (bicyclic) bond motifs is 6. The van der Waals surface area contributed by atoms with Crippen LogP contribution in [0.2, 0.25) is 0 Å². The van der Waals surface area contributed by atoms with Crippen molar-refractivity contribution in [1.29, 1.82) is 0 Å². The third-order valence-electron chi connectivity index (χ3n) is 12.5. The van der Waals surface area contributed by atoms with Gasteiger partial charge < -0.3 is 27.1 Å². The Morgan fingerprint density at radius 2 is 0.629 bits per heavy atom. The molecular formula is C54H48O6P2. The van der Waals surface area contributed by atoms with E-state index < -0.39 is 17.2 Å². The first-order valence-corrected chi connectivity index (χ1v) is 23.3. The van der Waals surface area contributed by atoms with E-state index in [0.717, 1.165) is 100 Å². The molecule has 0 unspecified atom stereocenters. The molecule has 8 aromatic carbocycles. The van der Waals surface area contributed by atoms with Crippen LogP contribution in [0.3, 0.4) is 0 Å². The molecule has 0 saturated carbocycles. The van der Waals surface area contributed by atoms with E-state index in [-0.39, 0.29) is 0 Å². The van der Waals surface area contributed by atoms with Gasteiger partial charge in [-0.25, -0.2) is 0 Å². The molecule has 0 aliphatic carbocycles. The zero-order valence-corrected chi connectivity index (χ0v) is 38.1. The summed E-state index contributed by atoms with van der Waals surface area (Å²) in [5, 5.41) is 4.10. The first kappa shape index (κ1) is 40.0. The van der Waals surface area contributed by atoms with E-state index in [2.05, 4.69) is 165 Å². The Bertz CT molecular complexity index is 2770. The van der Waals surface area contributed by atoms with Crippen molar-refractivity contribution >= 4 is 38.7 Å². The maximum atomic E-state index is 7.18. The number of hydrogen-bond donors (Lipinski definition) is 0. The molecule has 8 aromatic rings. The zero-order valence-electron chi connectivity index (χ0n) is 36.3. The van der Waals surface area contributed by atoms with Gasteiger partial charge in [0.05, 0.1) is 0 Å². The first-order chi connectivity index (χ1) is 30.0. The summed E-state index contributed by atoms with van der Waals surface area (Å²) in [5.74, 6) is 4.43. The standard InChI is InChI=1S/C54H48O6P2/c1-31-17-21-35(5)51-43(31)29-44-32(2)18-22-36(6)52(44)58-61(57-51)55-47-27-25-39-13-9-11-15-41(39)49(47)50-42-16-12-10-14-40(42)26-28-48(50)56-62-59-53-37(7)23-19-33(3)45(53)30-46-34(4)20-24-38(8)54(46)60-62/h9-28H,29-30H2,1-8H3. The van der Waals surface area contributed by atoms with Gasteiger partial charge in [-0.1, -0.05) is 109 Å². The summed E-state index contributed by atoms with van der Waals surface area (Å²) in [6.45, 7) is 16.9. The minimum absolute atomic E-state index is 0.608. The van der Waals surface area contributed by atoms with Crippen LogP contribution in [0.4, 0.5) is 0 Å². The normalized spacial score (nSPS) is 13.7. The Balaban J connectivity index is 1.16. The topological polar surface area (TPSA) is 55.4 Å². The third kappa shape index (κ3) is 7.10. The molecular weight excluding hydrogens is 807 g/mol. The van der Waals surface area contributed by atoms with Crippen LogP contribution in [0.1, 0.15) is 66.8 Å². The fourth-order valence-electron chi connectivity index (χ4n) is 8.86. The molecule has 0 spiro atoms. The highest BCUT2D eigenvalue weighted by molar-refractivity contribution is 7.43. The van der Waals surface area contributed by atoms with Crippen LogP contribution < -0.4 is 27.1 Å². The smallest absolute Gasteiger partial charge is 0.408 e. The molecule has 310 valence electrons. The molecule has 0 bridgehead atoms. The molecule has 2 heterocycles. The van der Waals surface area contributed by atoms with Crippen molar-refractivity contribution in [3.8, 4) is 45.6 Å². The summed E-state index contributed by atoms with van der Waals surface area (Å²) in [6, 6.07) is 42.2. The SMILES string of the molecule is Cc1ccc(C)c2c1Cc1c(C)ccc(C)c1OP(Oc1ccc3ccccc3c1-c1c(OP3Oc4c(C)ccc(C)c4Cc4c(C)ccc(C)c4O3)ccc3ccccc13)O2. The second-order valence-corrected chi connectivity index (χ2v) is 18.7. The molecule has 0 aromatic heterocycles. The monoisotopic (exact) mass is 854 g/mol. The molecule has 6 nitrogen and oxygen atoms in total. The lowest BCUT2D eigenvalue weighted by atomic mass is 9.92. The molecule has 10 rings (SSSR count). The average molecular weight is 855 g/mol. The molecule has 0 fully saturated rings. The summed E-state index contributed by atoms with van der Waals surface area (Å²) in [4.78, 5) is 0. The van der Waals surface area contributed by atoms with Crippen LogP contribution in [0.5, 0.6) is 34.5 Å². The lowest BCUT2D eigenvalue weighted by Gasteiger charge is -2.29. The lowest BCUT2D eigenvalue weighted by Crippen LogP contribution is -2.13. The maximum Gasteiger partial charge on any atom is 0.530 e. The molecule has 62 heavy (non-hydrogen) atoms. The van der Waals surface area contributed by atoms with Crippen LogP contribution >= 0.6 is 17.2 Å². The van der Waals surface area contributed by atoms with Crippen molar-refractivity contribution in [3.05, 3.63) is 188 Å². The van der Waals surface area contributed by atoms with E-state index >= 15 is 0 Å². The fourth-order valence-corrected chi connectivity index (χ4v) is 11.3. The van der Waals surface area contributed by atoms with Gasteiger partial charge in [0.15, 0.2) is 0 Å². The van der Waals surface area contributed by atoms with Crippen molar-refractivity contribution < 1.29 is 27.1 Å². The molecule has 8 heteroatoms. The van der Waals surface area contributed by atoms with Crippen LogP contribution in [0.25, 0.3) is 32.7 Å². The van der Waals surface area contributed by atoms with E-state index in [0.29, 0.717) is 24.3 Å². The Morgan fingerprint density at radius 1 is 0.339 bits per heavy atom. The van der Waals surface area contributed by atoms with Crippen LogP contribution in [0.15, 0.2) is 121 Å². The molecule has 2 aliphatic heterocycles. The first-order valence-electron chi connectivity index (χ1n) is 21.1. The van der Waals surface area contributed by atoms with E-state index in [9.17, 15) is 0 Å². The van der Waals surface area contributed by atoms with Gasteiger partial charge >= 0.3 is 17.2 Å². The highest BCUT2D eigenvalue weighted by Crippen LogP contribution is 2.56. The Labute approximate surface area is 366 Å². The van der Waals surface area contributed by atoms with E-state index in [1.54, 1.807) is 0 Å². The molecule has 0 N–H and O–H groups in total. The van der Waals surface area contributed by atoms with Gasteiger partial charge in [0.25, 0.3) is 0 Å². The van der Waals surface area contributed by atoms with Crippen molar-refractivity contribution in [2.45, 2.75) is 68.2 Å². The molecule has 0 radical (unpaired) electrons.